The molecule has 0 aromatic heterocycles. The van der Waals surface area contributed by atoms with Crippen molar-refractivity contribution in [3.05, 3.63) is 77.5 Å². The molecule has 0 spiro atoms. The number of hydrogen-bond acceptors (Lipinski definition) is 4. The molecule has 1 unspecified atom stereocenters. The first-order valence-corrected chi connectivity index (χ1v) is 9.57. The molecule has 1 saturated heterocycles. The summed E-state index contributed by atoms with van der Waals surface area (Å²) >= 11 is 0. The quantitative estimate of drug-likeness (QED) is 0.430. The van der Waals surface area contributed by atoms with Crippen molar-refractivity contribution in [2.24, 2.45) is 5.92 Å². The molecule has 0 aliphatic carbocycles. The Morgan fingerprint density at radius 3 is 2.64 bits per heavy atom. The number of hydrogen-bond donors (Lipinski definition) is 1. The van der Waals surface area contributed by atoms with Crippen molar-refractivity contribution in [3.8, 4) is 0 Å². The van der Waals surface area contributed by atoms with Gasteiger partial charge in [-0.05, 0) is 31.0 Å². The number of ether oxygens (including phenoxy) is 1. The SMILES string of the molecule is O=C(c1ccccc1)c1ccccc1/C=C\OCCN1CCCC(C(=O)O)C1. The average Bonchev–Trinajstić information content (AvgIpc) is 2.74. The van der Waals surface area contributed by atoms with Crippen molar-refractivity contribution in [2.75, 3.05) is 26.2 Å². The van der Waals surface area contributed by atoms with Crippen LogP contribution >= 0.6 is 0 Å². The molecule has 0 bridgehead atoms. The Bertz CT molecular complexity index is 832. The number of aliphatic carboxylic acids is 1. The molecule has 2 aromatic rings. The third-order valence-corrected chi connectivity index (χ3v) is 4.97. The van der Waals surface area contributed by atoms with E-state index >= 15 is 0 Å². The van der Waals surface area contributed by atoms with Crippen LogP contribution in [0, 0.1) is 5.92 Å². The van der Waals surface area contributed by atoms with Gasteiger partial charge in [0.15, 0.2) is 5.78 Å². The van der Waals surface area contributed by atoms with Gasteiger partial charge in [-0.1, -0.05) is 54.6 Å². The van der Waals surface area contributed by atoms with Crippen molar-refractivity contribution >= 4 is 17.8 Å². The summed E-state index contributed by atoms with van der Waals surface area (Å²) in [4.78, 5) is 26.0. The van der Waals surface area contributed by atoms with E-state index in [9.17, 15) is 9.59 Å². The fourth-order valence-corrected chi connectivity index (χ4v) is 3.43. The van der Waals surface area contributed by atoms with Gasteiger partial charge in [0, 0.05) is 24.2 Å². The normalized spacial score (nSPS) is 17.5. The first kappa shape index (κ1) is 19.8. The van der Waals surface area contributed by atoms with E-state index in [2.05, 4.69) is 4.90 Å². The minimum atomic E-state index is -0.717. The number of carbonyl (C=O) groups is 2. The molecule has 3 rings (SSSR count). The van der Waals surface area contributed by atoms with Gasteiger partial charge in [0.1, 0.15) is 0 Å². The number of nitrogens with zero attached hydrogens (tertiary/aromatic N) is 1. The van der Waals surface area contributed by atoms with Gasteiger partial charge in [0.05, 0.1) is 18.8 Å². The van der Waals surface area contributed by atoms with E-state index in [1.807, 2.05) is 54.6 Å². The van der Waals surface area contributed by atoms with Gasteiger partial charge in [-0.3, -0.25) is 14.5 Å². The third kappa shape index (κ3) is 5.30. The summed E-state index contributed by atoms with van der Waals surface area (Å²) < 4.78 is 5.60. The summed E-state index contributed by atoms with van der Waals surface area (Å²) in [5, 5.41) is 9.15. The van der Waals surface area contributed by atoms with Gasteiger partial charge < -0.3 is 9.84 Å². The van der Waals surface area contributed by atoms with Crippen LogP contribution in [0.25, 0.3) is 6.08 Å². The molecule has 0 amide bonds. The molecule has 1 fully saturated rings. The fraction of sp³-hybridized carbons (Fsp3) is 0.304. The maximum absolute atomic E-state index is 12.7. The number of likely N-dealkylation sites (tertiary alicyclic amines) is 1. The predicted octanol–water partition coefficient (Wildman–Crippen LogP) is 3.70. The highest BCUT2D eigenvalue weighted by molar-refractivity contribution is 6.10. The van der Waals surface area contributed by atoms with Crippen LogP contribution < -0.4 is 0 Å². The summed E-state index contributed by atoms with van der Waals surface area (Å²) in [6.45, 7) is 2.67. The van der Waals surface area contributed by atoms with E-state index in [-0.39, 0.29) is 11.7 Å². The molecule has 1 N–H and O–H groups in total. The maximum atomic E-state index is 12.7. The van der Waals surface area contributed by atoms with Gasteiger partial charge in [-0.2, -0.15) is 0 Å². The minimum absolute atomic E-state index is 0.0196. The van der Waals surface area contributed by atoms with Crippen LogP contribution in [0.1, 0.15) is 34.3 Å². The van der Waals surface area contributed by atoms with E-state index in [1.54, 1.807) is 12.3 Å². The molecular formula is C23H25NO4. The van der Waals surface area contributed by atoms with Gasteiger partial charge >= 0.3 is 5.97 Å². The highest BCUT2D eigenvalue weighted by Gasteiger charge is 2.24. The number of piperidine rings is 1. The topological polar surface area (TPSA) is 66.8 Å². The molecule has 1 heterocycles. The average molecular weight is 379 g/mol. The summed E-state index contributed by atoms with van der Waals surface area (Å²) in [7, 11) is 0. The van der Waals surface area contributed by atoms with Crippen LogP contribution in [0.5, 0.6) is 0 Å². The van der Waals surface area contributed by atoms with Gasteiger partial charge in [-0.15, -0.1) is 0 Å². The molecule has 1 atom stereocenters. The first-order valence-electron chi connectivity index (χ1n) is 9.57. The summed E-state index contributed by atoms with van der Waals surface area (Å²) in [5.41, 5.74) is 2.09. The monoisotopic (exact) mass is 379 g/mol. The lowest BCUT2D eigenvalue weighted by molar-refractivity contribution is -0.143. The standard InChI is InChI=1S/C23H25NO4/c25-22(19-8-2-1-3-9-19)21-11-5-4-7-18(21)12-15-28-16-14-24-13-6-10-20(17-24)23(26)27/h1-5,7-9,11-12,15,20H,6,10,13-14,16-17H2,(H,26,27)/b15-12-. The molecule has 146 valence electrons. The Balaban J connectivity index is 1.54. The Labute approximate surface area is 165 Å². The second kappa shape index (κ2) is 9.85. The van der Waals surface area contributed by atoms with Crippen molar-refractivity contribution in [1.82, 2.24) is 4.90 Å². The molecule has 1 aliphatic rings. The Morgan fingerprint density at radius 2 is 1.86 bits per heavy atom. The highest BCUT2D eigenvalue weighted by atomic mass is 16.5. The Kier molecular flexibility index (Phi) is 6.98. The van der Waals surface area contributed by atoms with E-state index in [1.165, 1.54) is 0 Å². The second-order valence-electron chi connectivity index (χ2n) is 6.93. The highest BCUT2D eigenvalue weighted by Crippen LogP contribution is 2.17. The fourth-order valence-electron chi connectivity index (χ4n) is 3.43. The number of carbonyl (C=O) groups excluding carboxylic acids is 1. The number of carboxylic acid groups (broad SMARTS) is 1. The summed E-state index contributed by atoms with van der Waals surface area (Å²) in [6.07, 6.45) is 5.06. The van der Waals surface area contributed by atoms with E-state index in [0.29, 0.717) is 30.8 Å². The molecule has 1 aliphatic heterocycles. The number of carboxylic acids is 1. The zero-order valence-corrected chi connectivity index (χ0v) is 15.8. The largest absolute Gasteiger partial charge is 0.500 e. The van der Waals surface area contributed by atoms with Crippen LogP contribution in [0.2, 0.25) is 0 Å². The molecule has 0 radical (unpaired) electrons. The second-order valence-corrected chi connectivity index (χ2v) is 6.93. The molecule has 2 aromatic carbocycles. The summed E-state index contributed by atoms with van der Waals surface area (Å²) in [5.74, 6) is -1.01. The Hall–Kier alpha value is -2.92. The molecule has 5 nitrogen and oxygen atoms in total. The molecule has 0 saturated carbocycles. The smallest absolute Gasteiger partial charge is 0.307 e. The van der Waals surface area contributed by atoms with Crippen LogP contribution in [-0.2, 0) is 9.53 Å². The Morgan fingerprint density at radius 1 is 1.11 bits per heavy atom. The number of benzene rings is 2. The number of rotatable bonds is 8. The van der Waals surface area contributed by atoms with E-state index in [0.717, 1.165) is 24.9 Å². The molecule has 5 heteroatoms. The van der Waals surface area contributed by atoms with Gasteiger partial charge in [0.2, 0.25) is 0 Å². The lowest BCUT2D eigenvalue weighted by Crippen LogP contribution is -2.40. The zero-order valence-electron chi connectivity index (χ0n) is 15.8. The van der Waals surface area contributed by atoms with Crippen molar-refractivity contribution in [3.63, 3.8) is 0 Å². The number of ketones is 1. The zero-order chi connectivity index (χ0) is 19.8. The lowest BCUT2D eigenvalue weighted by atomic mass is 9.98. The summed E-state index contributed by atoms with van der Waals surface area (Å²) in [6, 6.07) is 16.6. The van der Waals surface area contributed by atoms with Crippen molar-refractivity contribution in [1.29, 1.82) is 0 Å². The lowest BCUT2D eigenvalue weighted by Gasteiger charge is -2.30. The van der Waals surface area contributed by atoms with Crippen molar-refractivity contribution in [2.45, 2.75) is 12.8 Å². The van der Waals surface area contributed by atoms with Crippen LogP contribution in [0.4, 0.5) is 0 Å². The van der Waals surface area contributed by atoms with Crippen LogP contribution in [-0.4, -0.2) is 48.0 Å². The van der Waals surface area contributed by atoms with Crippen LogP contribution in [0.3, 0.4) is 0 Å². The molecule has 28 heavy (non-hydrogen) atoms. The predicted molar refractivity (Wildman–Crippen MR) is 108 cm³/mol. The first-order chi connectivity index (χ1) is 13.6. The minimum Gasteiger partial charge on any atom is -0.500 e. The maximum Gasteiger partial charge on any atom is 0.307 e. The van der Waals surface area contributed by atoms with Crippen LogP contribution in [0.15, 0.2) is 60.9 Å². The van der Waals surface area contributed by atoms with Gasteiger partial charge in [0.25, 0.3) is 0 Å². The molecular weight excluding hydrogens is 354 g/mol. The third-order valence-electron chi connectivity index (χ3n) is 4.97. The van der Waals surface area contributed by atoms with Gasteiger partial charge in [-0.25, -0.2) is 0 Å². The van der Waals surface area contributed by atoms with E-state index in [4.69, 9.17) is 9.84 Å². The van der Waals surface area contributed by atoms with Crippen molar-refractivity contribution < 1.29 is 19.4 Å². The van der Waals surface area contributed by atoms with E-state index < -0.39 is 5.97 Å².